The zero-order valence-corrected chi connectivity index (χ0v) is 11.3. The summed E-state index contributed by atoms with van der Waals surface area (Å²) in [5.74, 6) is -1.78. The van der Waals surface area contributed by atoms with Crippen molar-refractivity contribution in [1.29, 1.82) is 0 Å². The number of hydrogen-bond acceptors (Lipinski definition) is 4. The standard InChI is InChI=1S/C14H16N2O5/c17-13(10-4-5-11(7-10)14(18)19)15-8-9-2-1-3-12(6-9)16(20)21/h1-3,6,10-11H,4-5,7-8H2,(H,15,17)(H,18,19)/t10-,11+/m1/s1. The third kappa shape index (κ3) is 3.77. The highest BCUT2D eigenvalue weighted by Gasteiger charge is 2.33. The fourth-order valence-electron chi connectivity index (χ4n) is 2.56. The number of carbonyl (C=O) groups is 2. The van der Waals surface area contributed by atoms with Crippen LogP contribution in [0.15, 0.2) is 24.3 Å². The molecule has 7 nitrogen and oxygen atoms in total. The van der Waals surface area contributed by atoms with Gasteiger partial charge >= 0.3 is 5.97 Å². The van der Waals surface area contributed by atoms with Crippen LogP contribution >= 0.6 is 0 Å². The third-order valence-electron chi connectivity index (χ3n) is 3.74. The van der Waals surface area contributed by atoms with Gasteiger partial charge in [0.15, 0.2) is 0 Å². The van der Waals surface area contributed by atoms with Crippen LogP contribution in [0.4, 0.5) is 5.69 Å². The van der Waals surface area contributed by atoms with Gasteiger partial charge in [0.1, 0.15) is 0 Å². The van der Waals surface area contributed by atoms with Crippen LogP contribution in [0.5, 0.6) is 0 Å². The zero-order valence-electron chi connectivity index (χ0n) is 11.3. The summed E-state index contributed by atoms with van der Waals surface area (Å²) in [5.41, 5.74) is 0.624. The van der Waals surface area contributed by atoms with Crippen molar-refractivity contribution in [3.8, 4) is 0 Å². The Morgan fingerprint density at radius 3 is 2.67 bits per heavy atom. The van der Waals surface area contributed by atoms with Crippen molar-refractivity contribution in [2.75, 3.05) is 0 Å². The molecule has 0 saturated heterocycles. The van der Waals surface area contributed by atoms with Crippen molar-refractivity contribution in [2.45, 2.75) is 25.8 Å². The van der Waals surface area contributed by atoms with Gasteiger partial charge in [-0.15, -0.1) is 0 Å². The van der Waals surface area contributed by atoms with Gasteiger partial charge in [-0.1, -0.05) is 12.1 Å². The minimum atomic E-state index is -0.857. The number of hydrogen-bond donors (Lipinski definition) is 2. The van der Waals surface area contributed by atoms with E-state index >= 15 is 0 Å². The van der Waals surface area contributed by atoms with E-state index in [9.17, 15) is 19.7 Å². The molecule has 1 amide bonds. The molecule has 0 aromatic heterocycles. The van der Waals surface area contributed by atoms with Gasteiger partial charge in [-0.3, -0.25) is 19.7 Å². The monoisotopic (exact) mass is 292 g/mol. The fourth-order valence-corrected chi connectivity index (χ4v) is 2.56. The van der Waals surface area contributed by atoms with E-state index in [-0.39, 0.29) is 24.1 Å². The van der Waals surface area contributed by atoms with Gasteiger partial charge in [0.25, 0.3) is 5.69 Å². The fraction of sp³-hybridized carbons (Fsp3) is 0.429. The van der Waals surface area contributed by atoms with Crippen LogP contribution in [0, 0.1) is 22.0 Å². The molecule has 112 valence electrons. The number of non-ortho nitro benzene ring substituents is 1. The first-order chi connectivity index (χ1) is 9.97. The summed E-state index contributed by atoms with van der Waals surface area (Å²) < 4.78 is 0. The van der Waals surface area contributed by atoms with Crippen LogP contribution in [0.25, 0.3) is 0 Å². The van der Waals surface area contributed by atoms with Gasteiger partial charge in [0.05, 0.1) is 10.8 Å². The maximum absolute atomic E-state index is 12.0. The lowest BCUT2D eigenvalue weighted by molar-refractivity contribution is -0.384. The van der Waals surface area contributed by atoms with Crippen LogP contribution in [-0.4, -0.2) is 21.9 Å². The first-order valence-electron chi connectivity index (χ1n) is 6.71. The van der Waals surface area contributed by atoms with Crippen molar-refractivity contribution < 1.29 is 19.6 Å². The summed E-state index contributed by atoms with van der Waals surface area (Å²) in [5, 5.41) is 22.3. The molecule has 1 fully saturated rings. The number of carboxylic acid groups (broad SMARTS) is 1. The smallest absolute Gasteiger partial charge is 0.306 e. The largest absolute Gasteiger partial charge is 0.481 e. The molecule has 2 rings (SSSR count). The van der Waals surface area contributed by atoms with Crippen molar-refractivity contribution in [3.05, 3.63) is 39.9 Å². The van der Waals surface area contributed by atoms with E-state index in [4.69, 9.17) is 5.11 Å². The van der Waals surface area contributed by atoms with E-state index in [1.165, 1.54) is 12.1 Å². The summed E-state index contributed by atoms with van der Waals surface area (Å²) in [7, 11) is 0. The number of aliphatic carboxylic acids is 1. The van der Waals surface area contributed by atoms with Gasteiger partial charge in [0.2, 0.25) is 5.91 Å². The van der Waals surface area contributed by atoms with Crippen LogP contribution in [-0.2, 0) is 16.1 Å². The molecular formula is C14H16N2O5. The van der Waals surface area contributed by atoms with E-state index < -0.39 is 16.8 Å². The molecule has 0 spiro atoms. The van der Waals surface area contributed by atoms with Crippen molar-refractivity contribution >= 4 is 17.6 Å². The summed E-state index contributed by atoms with van der Waals surface area (Å²) in [6.45, 7) is 0.203. The molecule has 0 radical (unpaired) electrons. The highest BCUT2D eigenvalue weighted by atomic mass is 16.6. The highest BCUT2D eigenvalue weighted by molar-refractivity contribution is 5.80. The Balaban J connectivity index is 1.88. The van der Waals surface area contributed by atoms with Crippen molar-refractivity contribution in [1.82, 2.24) is 5.32 Å². The minimum Gasteiger partial charge on any atom is -0.481 e. The molecule has 2 N–H and O–H groups in total. The molecule has 1 aromatic rings. The normalized spacial score (nSPS) is 21.0. The average Bonchev–Trinajstić information content (AvgIpc) is 2.95. The Hall–Kier alpha value is -2.44. The van der Waals surface area contributed by atoms with Gasteiger partial charge in [0, 0.05) is 24.6 Å². The maximum atomic E-state index is 12.0. The summed E-state index contributed by atoms with van der Waals surface area (Å²) in [4.78, 5) is 33.0. The molecule has 0 aliphatic heterocycles. The third-order valence-corrected chi connectivity index (χ3v) is 3.74. The van der Waals surface area contributed by atoms with E-state index in [0.29, 0.717) is 24.8 Å². The summed E-state index contributed by atoms with van der Waals surface area (Å²) in [6, 6.07) is 6.06. The number of benzene rings is 1. The Morgan fingerprint density at radius 1 is 1.33 bits per heavy atom. The van der Waals surface area contributed by atoms with Gasteiger partial charge in [-0.25, -0.2) is 0 Å². The minimum absolute atomic E-state index is 0.0199. The Morgan fingerprint density at radius 2 is 2.05 bits per heavy atom. The maximum Gasteiger partial charge on any atom is 0.306 e. The van der Waals surface area contributed by atoms with Crippen LogP contribution < -0.4 is 5.32 Å². The first-order valence-corrected chi connectivity index (χ1v) is 6.71. The number of rotatable bonds is 5. The second kappa shape index (κ2) is 6.34. The summed E-state index contributed by atoms with van der Waals surface area (Å²) in [6.07, 6.45) is 1.44. The van der Waals surface area contributed by atoms with Crippen LogP contribution in [0.1, 0.15) is 24.8 Å². The van der Waals surface area contributed by atoms with E-state index in [2.05, 4.69) is 5.32 Å². The Bertz CT molecular complexity index is 572. The molecule has 0 unspecified atom stereocenters. The van der Waals surface area contributed by atoms with E-state index in [1.807, 2.05) is 0 Å². The molecule has 7 heteroatoms. The van der Waals surface area contributed by atoms with Crippen molar-refractivity contribution in [3.63, 3.8) is 0 Å². The van der Waals surface area contributed by atoms with Crippen LogP contribution in [0.2, 0.25) is 0 Å². The average molecular weight is 292 g/mol. The number of nitro benzene ring substituents is 1. The van der Waals surface area contributed by atoms with Gasteiger partial charge in [-0.2, -0.15) is 0 Å². The van der Waals surface area contributed by atoms with E-state index in [1.54, 1.807) is 12.1 Å². The number of amides is 1. The second-order valence-corrected chi connectivity index (χ2v) is 5.19. The molecular weight excluding hydrogens is 276 g/mol. The Kier molecular flexibility index (Phi) is 4.52. The number of carboxylic acids is 1. The van der Waals surface area contributed by atoms with E-state index in [0.717, 1.165) is 0 Å². The SMILES string of the molecule is O=C(O)[C@H]1CC[C@@H](C(=O)NCc2cccc([N+](=O)[O-])c2)C1. The lowest BCUT2D eigenvalue weighted by Gasteiger charge is -2.10. The lowest BCUT2D eigenvalue weighted by atomic mass is 10.0. The molecule has 21 heavy (non-hydrogen) atoms. The number of nitro groups is 1. The molecule has 0 heterocycles. The molecule has 1 aliphatic rings. The quantitative estimate of drug-likeness (QED) is 0.634. The predicted molar refractivity (Wildman–Crippen MR) is 73.4 cm³/mol. The first kappa shape index (κ1) is 15.0. The second-order valence-electron chi connectivity index (χ2n) is 5.19. The molecule has 1 saturated carbocycles. The van der Waals surface area contributed by atoms with Crippen LogP contribution in [0.3, 0.4) is 0 Å². The van der Waals surface area contributed by atoms with Gasteiger partial charge in [-0.05, 0) is 24.8 Å². The molecule has 1 aliphatic carbocycles. The molecule has 2 atom stereocenters. The van der Waals surface area contributed by atoms with Crippen molar-refractivity contribution in [2.24, 2.45) is 11.8 Å². The number of nitrogens with zero attached hydrogens (tertiary/aromatic N) is 1. The lowest BCUT2D eigenvalue weighted by Crippen LogP contribution is -2.29. The highest BCUT2D eigenvalue weighted by Crippen LogP contribution is 2.31. The Labute approximate surface area is 121 Å². The molecule has 0 bridgehead atoms. The summed E-state index contributed by atoms with van der Waals surface area (Å²) >= 11 is 0. The predicted octanol–water partition coefficient (Wildman–Crippen LogP) is 1.71. The molecule has 1 aromatic carbocycles. The van der Waals surface area contributed by atoms with Gasteiger partial charge < -0.3 is 10.4 Å². The number of nitrogens with one attached hydrogen (secondary N) is 1. The zero-order chi connectivity index (χ0) is 15.4. The number of carbonyl (C=O) groups excluding carboxylic acids is 1. The topological polar surface area (TPSA) is 110 Å².